The largest absolute Gasteiger partial charge is 0.573 e. The second-order valence-corrected chi connectivity index (χ2v) is 5.94. The van der Waals surface area contributed by atoms with Gasteiger partial charge in [0.1, 0.15) is 5.75 Å². The summed E-state index contributed by atoms with van der Waals surface area (Å²) >= 11 is 5.93. The number of benzene rings is 1. The van der Waals surface area contributed by atoms with E-state index in [1.807, 2.05) is 7.05 Å². The first-order valence-corrected chi connectivity index (χ1v) is 6.93. The second kappa shape index (κ2) is 6.22. The summed E-state index contributed by atoms with van der Waals surface area (Å²) in [4.78, 5) is 2.16. The van der Waals surface area contributed by atoms with Gasteiger partial charge in [-0.05, 0) is 43.5 Å². The van der Waals surface area contributed by atoms with Crippen LogP contribution in [0.5, 0.6) is 5.75 Å². The Bertz CT molecular complexity index is 429. The van der Waals surface area contributed by atoms with Gasteiger partial charge in [0, 0.05) is 18.5 Å². The molecule has 1 aliphatic rings. The third kappa shape index (κ3) is 4.87. The van der Waals surface area contributed by atoms with Gasteiger partial charge in [-0.3, -0.25) is 0 Å². The fourth-order valence-electron chi connectivity index (χ4n) is 2.42. The highest BCUT2D eigenvalue weighted by Gasteiger charge is 2.31. The van der Waals surface area contributed by atoms with Crippen LogP contribution >= 0.6 is 11.6 Å². The number of alkyl halides is 4. The maximum atomic E-state index is 12.0. The van der Waals surface area contributed by atoms with Gasteiger partial charge in [-0.15, -0.1) is 24.8 Å². The van der Waals surface area contributed by atoms with E-state index in [0.29, 0.717) is 17.8 Å². The summed E-state index contributed by atoms with van der Waals surface area (Å²) in [5.74, 6) is 0.447. The van der Waals surface area contributed by atoms with E-state index in [1.165, 1.54) is 12.1 Å². The molecule has 112 valence electrons. The molecule has 0 heterocycles. The van der Waals surface area contributed by atoms with Crippen LogP contribution in [0.1, 0.15) is 18.4 Å². The third-order valence-electron chi connectivity index (χ3n) is 3.36. The predicted octanol–water partition coefficient (Wildman–Crippen LogP) is 4.03. The number of rotatable bonds is 5. The Kier molecular flexibility index (Phi) is 4.81. The van der Waals surface area contributed by atoms with Gasteiger partial charge >= 0.3 is 6.36 Å². The Morgan fingerprint density at radius 3 is 2.35 bits per heavy atom. The van der Waals surface area contributed by atoms with Crippen LogP contribution in [0.2, 0.25) is 0 Å². The highest BCUT2D eigenvalue weighted by Crippen LogP contribution is 2.32. The van der Waals surface area contributed by atoms with Crippen LogP contribution in [0.25, 0.3) is 0 Å². The summed E-state index contributed by atoms with van der Waals surface area (Å²) in [6, 6.07) is 6.00. The Labute approximate surface area is 121 Å². The van der Waals surface area contributed by atoms with E-state index in [4.69, 9.17) is 11.6 Å². The minimum absolute atomic E-state index is 0.187. The van der Waals surface area contributed by atoms with Gasteiger partial charge in [-0.25, -0.2) is 0 Å². The molecule has 0 atom stereocenters. The average molecular weight is 308 g/mol. The van der Waals surface area contributed by atoms with Gasteiger partial charge in [0.25, 0.3) is 0 Å². The number of ether oxygens (including phenoxy) is 1. The molecule has 0 saturated heterocycles. The maximum Gasteiger partial charge on any atom is 0.573 e. The molecule has 0 bridgehead atoms. The molecule has 1 aromatic carbocycles. The monoisotopic (exact) mass is 307 g/mol. The quantitative estimate of drug-likeness (QED) is 0.761. The topological polar surface area (TPSA) is 12.5 Å². The summed E-state index contributed by atoms with van der Waals surface area (Å²) in [5, 5.41) is 0.312. The van der Waals surface area contributed by atoms with Crippen molar-refractivity contribution in [3.05, 3.63) is 29.8 Å². The molecule has 0 amide bonds. The molecule has 0 aliphatic heterocycles. The fraction of sp³-hybridized carbons (Fsp3) is 0.571. The molecular weight excluding hydrogens is 291 g/mol. The van der Waals surface area contributed by atoms with Crippen LogP contribution in [0.4, 0.5) is 13.2 Å². The smallest absolute Gasteiger partial charge is 0.406 e. The maximum absolute atomic E-state index is 12.0. The second-order valence-electron chi connectivity index (χ2n) is 5.32. The van der Waals surface area contributed by atoms with E-state index in [2.05, 4.69) is 9.64 Å². The predicted molar refractivity (Wildman–Crippen MR) is 71.8 cm³/mol. The molecular formula is C14H17ClF3NO. The molecule has 0 spiro atoms. The fourth-order valence-corrected chi connectivity index (χ4v) is 2.92. The third-order valence-corrected chi connectivity index (χ3v) is 3.71. The van der Waals surface area contributed by atoms with Crippen molar-refractivity contribution >= 4 is 11.6 Å². The average Bonchev–Trinajstić information content (AvgIpc) is 2.28. The molecule has 1 fully saturated rings. The van der Waals surface area contributed by atoms with Crippen molar-refractivity contribution in [3.8, 4) is 5.75 Å². The lowest BCUT2D eigenvalue weighted by Gasteiger charge is -2.34. The Hall–Kier alpha value is -0.940. The molecule has 2 rings (SSSR count). The SMILES string of the molecule is CN(Cc1ccc(OC(F)(F)F)cc1)CC1CC(Cl)C1. The van der Waals surface area contributed by atoms with E-state index in [-0.39, 0.29) is 5.75 Å². The zero-order valence-electron chi connectivity index (χ0n) is 11.2. The summed E-state index contributed by atoms with van der Waals surface area (Å²) in [7, 11) is 2.00. The van der Waals surface area contributed by atoms with Crippen molar-refractivity contribution in [1.29, 1.82) is 0 Å². The molecule has 0 unspecified atom stereocenters. The van der Waals surface area contributed by atoms with Crippen molar-refractivity contribution in [2.75, 3.05) is 13.6 Å². The van der Waals surface area contributed by atoms with Crippen LogP contribution in [0, 0.1) is 5.92 Å². The Morgan fingerprint density at radius 1 is 1.25 bits per heavy atom. The molecule has 1 aromatic rings. The highest BCUT2D eigenvalue weighted by molar-refractivity contribution is 6.21. The standard InChI is InChI=1S/C14H17ClF3NO/c1-19(9-11-6-12(15)7-11)8-10-2-4-13(5-3-10)20-14(16,17)18/h2-5,11-12H,6-9H2,1H3. The Balaban J connectivity index is 1.81. The first-order chi connectivity index (χ1) is 9.32. The van der Waals surface area contributed by atoms with Crippen LogP contribution in [0.3, 0.4) is 0 Å². The van der Waals surface area contributed by atoms with Crippen molar-refractivity contribution in [1.82, 2.24) is 4.90 Å². The first kappa shape index (κ1) is 15.4. The van der Waals surface area contributed by atoms with Crippen molar-refractivity contribution in [2.24, 2.45) is 5.92 Å². The van der Waals surface area contributed by atoms with E-state index < -0.39 is 6.36 Å². The lowest BCUT2D eigenvalue weighted by atomic mass is 9.84. The van der Waals surface area contributed by atoms with Crippen molar-refractivity contribution in [3.63, 3.8) is 0 Å². The van der Waals surface area contributed by atoms with Crippen LogP contribution < -0.4 is 4.74 Å². The molecule has 0 radical (unpaired) electrons. The van der Waals surface area contributed by atoms with E-state index in [0.717, 1.165) is 24.9 Å². The van der Waals surface area contributed by atoms with Crippen LogP contribution in [-0.4, -0.2) is 30.2 Å². The van der Waals surface area contributed by atoms with Gasteiger partial charge in [0.2, 0.25) is 0 Å². The van der Waals surface area contributed by atoms with Gasteiger partial charge < -0.3 is 9.64 Å². The minimum Gasteiger partial charge on any atom is -0.406 e. The van der Waals surface area contributed by atoms with Gasteiger partial charge in [-0.2, -0.15) is 0 Å². The summed E-state index contributed by atoms with van der Waals surface area (Å²) in [5.41, 5.74) is 0.962. The first-order valence-electron chi connectivity index (χ1n) is 6.49. The highest BCUT2D eigenvalue weighted by atomic mass is 35.5. The molecule has 20 heavy (non-hydrogen) atoms. The van der Waals surface area contributed by atoms with Gasteiger partial charge in [0.05, 0.1) is 0 Å². The minimum atomic E-state index is -4.64. The van der Waals surface area contributed by atoms with Crippen LogP contribution in [0.15, 0.2) is 24.3 Å². The lowest BCUT2D eigenvalue weighted by molar-refractivity contribution is -0.274. The molecule has 0 aromatic heterocycles. The zero-order chi connectivity index (χ0) is 14.8. The molecule has 1 aliphatic carbocycles. The number of hydrogen-bond donors (Lipinski definition) is 0. The number of halogens is 4. The summed E-state index contributed by atoms with van der Waals surface area (Å²) < 4.78 is 39.9. The summed E-state index contributed by atoms with van der Waals surface area (Å²) in [6.07, 6.45) is -2.55. The van der Waals surface area contributed by atoms with Crippen molar-refractivity contribution in [2.45, 2.75) is 31.1 Å². The van der Waals surface area contributed by atoms with Crippen molar-refractivity contribution < 1.29 is 17.9 Å². The number of hydrogen-bond acceptors (Lipinski definition) is 2. The van der Waals surface area contributed by atoms with E-state index in [9.17, 15) is 13.2 Å². The molecule has 6 heteroatoms. The molecule has 1 saturated carbocycles. The zero-order valence-corrected chi connectivity index (χ0v) is 11.9. The Morgan fingerprint density at radius 2 is 1.85 bits per heavy atom. The molecule has 0 N–H and O–H groups in total. The summed E-state index contributed by atoms with van der Waals surface area (Å²) in [6.45, 7) is 1.67. The van der Waals surface area contributed by atoms with E-state index in [1.54, 1.807) is 12.1 Å². The lowest BCUT2D eigenvalue weighted by Crippen LogP contribution is -2.34. The van der Waals surface area contributed by atoms with Gasteiger partial charge in [0.15, 0.2) is 0 Å². The van der Waals surface area contributed by atoms with E-state index >= 15 is 0 Å². The molecule has 2 nitrogen and oxygen atoms in total. The van der Waals surface area contributed by atoms with Crippen LogP contribution in [-0.2, 0) is 6.54 Å². The normalized spacial score (nSPS) is 22.7. The van der Waals surface area contributed by atoms with Gasteiger partial charge in [-0.1, -0.05) is 12.1 Å². The number of nitrogens with zero attached hydrogens (tertiary/aromatic N) is 1.